The van der Waals surface area contributed by atoms with Crippen LogP contribution in [0.4, 0.5) is 0 Å². The van der Waals surface area contributed by atoms with Gasteiger partial charge in [-0.05, 0) is 30.8 Å². The number of carbonyl (C=O) groups excluding carboxylic acids is 2. The van der Waals surface area contributed by atoms with E-state index in [1.54, 1.807) is 12.1 Å². The largest absolute Gasteiger partial charge is 1.00 e. The fourth-order valence-electron chi connectivity index (χ4n) is 4.99. The van der Waals surface area contributed by atoms with E-state index >= 15 is 0 Å². The Morgan fingerprint density at radius 2 is 1.28 bits per heavy atom. The van der Waals surface area contributed by atoms with E-state index < -0.39 is 27.2 Å². The number of aromatic nitrogens is 3. The number of amides is 2. The zero-order valence-electron chi connectivity index (χ0n) is 23.2. The molecule has 2 heterocycles. The number of H-pyrrole nitrogens is 1. The van der Waals surface area contributed by atoms with Crippen LogP contribution in [0, 0.1) is 4.77 Å². The molecule has 2 aromatic rings. The summed E-state index contributed by atoms with van der Waals surface area (Å²) in [4.78, 5) is 25.9. The monoisotopic (exact) mass is 586 g/mol. The van der Waals surface area contributed by atoms with Gasteiger partial charge in [0.25, 0.3) is 11.8 Å². The summed E-state index contributed by atoms with van der Waals surface area (Å²) < 4.78 is 37.5. The molecule has 1 N–H and O–H groups in total. The van der Waals surface area contributed by atoms with Gasteiger partial charge in [0.2, 0.25) is 4.77 Å². The minimum absolute atomic E-state index is 0. The third-order valence-electron chi connectivity index (χ3n) is 7.10. The van der Waals surface area contributed by atoms with Crippen molar-refractivity contribution in [3.05, 3.63) is 46.0 Å². The smallest absolute Gasteiger partial charge is 0.747 e. The van der Waals surface area contributed by atoms with Crippen LogP contribution < -0.4 is 34.6 Å². The molecule has 0 fully saturated rings. The van der Waals surface area contributed by atoms with Crippen LogP contribution in [-0.4, -0.2) is 39.7 Å². The van der Waals surface area contributed by atoms with Crippen LogP contribution in [0.5, 0.6) is 0 Å². The van der Waals surface area contributed by atoms with Crippen molar-refractivity contribution in [1.82, 2.24) is 14.9 Å². The first-order valence-corrected chi connectivity index (χ1v) is 15.8. The van der Waals surface area contributed by atoms with Crippen molar-refractivity contribution in [3.8, 4) is 0 Å². The number of rotatable bonds is 18. The number of unbranched alkanes of at least 4 members (excludes halogenated alkanes) is 13. The zero-order valence-corrected chi connectivity index (χ0v) is 26.8. The minimum Gasteiger partial charge on any atom is -0.747 e. The molecule has 0 aliphatic carbocycles. The Balaban J connectivity index is 0.00000533. The number of benzene rings is 1. The van der Waals surface area contributed by atoms with Gasteiger partial charge >= 0.3 is 29.6 Å². The van der Waals surface area contributed by atoms with Crippen LogP contribution in [0.3, 0.4) is 0 Å². The molecule has 0 spiro atoms. The van der Waals surface area contributed by atoms with Gasteiger partial charge < -0.3 is 4.55 Å². The van der Waals surface area contributed by atoms with Gasteiger partial charge in [0.15, 0.2) is 5.82 Å². The van der Waals surface area contributed by atoms with Gasteiger partial charge in [0.05, 0.1) is 11.1 Å². The van der Waals surface area contributed by atoms with Crippen LogP contribution >= 0.6 is 12.2 Å². The molecule has 0 saturated carbocycles. The number of nitrogens with zero attached hydrogens (tertiary/aromatic N) is 3. The Hall–Kier alpha value is -1.37. The van der Waals surface area contributed by atoms with E-state index in [0.29, 0.717) is 6.42 Å². The molecule has 0 bridgehead atoms. The van der Waals surface area contributed by atoms with Gasteiger partial charge in [0.1, 0.15) is 15.4 Å². The van der Waals surface area contributed by atoms with Crippen molar-refractivity contribution in [2.24, 2.45) is 0 Å². The summed E-state index contributed by atoms with van der Waals surface area (Å²) in [5, 5.41) is 5.65. The summed E-state index contributed by atoms with van der Waals surface area (Å²) in [5.74, 6) is -1.54. The van der Waals surface area contributed by atoms with Crippen molar-refractivity contribution in [3.63, 3.8) is 0 Å². The maximum atomic E-state index is 12.9. The quantitative estimate of drug-likeness (QED) is 0.0933. The molecule has 1 aliphatic rings. The minimum atomic E-state index is -4.83. The van der Waals surface area contributed by atoms with Crippen LogP contribution in [0.15, 0.2) is 24.3 Å². The Labute approximate surface area is 259 Å². The molecule has 1 aliphatic heterocycles. The fraction of sp³-hybridized carbons (Fsp3) is 0.630. The van der Waals surface area contributed by atoms with E-state index in [2.05, 4.69) is 17.1 Å². The van der Waals surface area contributed by atoms with E-state index in [9.17, 15) is 22.6 Å². The average Bonchev–Trinajstić information content (AvgIpc) is 3.37. The Morgan fingerprint density at radius 1 is 0.846 bits per heavy atom. The number of carbonyl (C=O) groups is 2. The molecular weight excluding hydrogens is 547 g/mol. The second-order valence-electron chi connectivity index (χ2n) is 10.0. The van der Waals surface area contributed by atoms with Crippen molar-refractivity contribution in [2.75, 3.05) is 5.01 Å². The van der Waals surface area contributed by atoms with E-state index in [0.717, 1.165) is 35.4 Å². The molecule has 39 heavy (non-hydrogen) atoms. The first-order valence-electron chi connectivity index (χ1n) is 13.9. The first-order chi connectivity index (χ1) is 18.3. The molecule has 0 saturated heterocycles. The van der Waals surface area contributed by atoms with Gasteiger partial charge in [-0.15, -0.1) is 0 Å². The van der Waals surface area contributed by atoms with E-state index in [-0.39, 0.29) is 57.7 Å². The third kappa shape index (κ3) is 9.33. The van der Waals surface area contributed by atoms with Crippen molar-refractivity contribution < 1.29 is 52.1 Å². The second kappa shape index (κ2) is 16.8. The number of hydrogen-bond donors (Lipinski definition) is 1. The predicted octanol–water partition coefficient (Wildman–Crippen LogP) is 3.33. The first kappa shape index (κ1) is 33.8. The molecule has 3 rings (SSSR count). The van der Waals surface area contributed by atoms with Gasteiger partial charge in [-0.25, -0.2) is 8.42 Å². The van der Waals surface area contributed by atoms with E-state index in [1.165, 1.54) is 69.9 Å². The maximum absolute atomic E-state index is 12.9. The van der Waals surface area contributed by atoms with Gasteiger partial charge in [0, 0.05) is 0 Å². The Bertz CT molecular complexity index is 1210. The molecule has 1 unspecified atom stereocenters. The zero-order chi connectivity index (χ0) is 27.5. The normalized spacial score (nSPS) is 13.9. The standard InChI is InChI=1S/C27H40N4O5S2.Na/c1-2-3-4-5-6-7-8-9-10-11-12-13-14-15-20-23(38(34,35)36)24-28-29-27(37)30(24)31-25(32)21-18-16-17-19-22(21)26(31)33;/h16-19,23H,2-15,20H2,1H3,(H,29,37)(H,34,35,36);/q;+1/p-1. The van der Waals surface area contributed by atoms with Gasteiger partial charge in [-0.2, -0.15) is 14.8 Å². The van der Waals surface area contributed by atoms with Crippen LogP contribution in [-0.2, 0) is 10.1 Å². The number of aromatic amines is 1. The molecule has 1 aromatic heterocycles. The van der Waals surface area contributed by atoms with Crippen LogP contribution in [0.1, 0.15) is 135 Å². The fourth-order valence-corrected chi connectivity index (χ4v) is 6.08. The average molecular weight is 587 g/mol. The van der Waals surface area contributed by atoms with Gasteiger partial charge in [-0.3, -0.25) is 14.7 Å². The summed E-state index contributed by atoms with van der Waals surface area (Å²) in [7, 11) is -4.83. The summed E-state index contributed by atoms with van der Waals surface area (Å²) in [6.45, 7) is 2.23. The summed E-state index contributed by atoms with van der Waals surface area (Å²) in [5.41, 5.74) is 0.361. The second-order valence-corrected chi connectivity index (χ2v) is 12.0. The Kier molecular flexibility index (Phi) is 14.6. The van der Waals surface area contributed by atoms with E-state index in [1.807, 2.05) is 0 Å². The summed E-state index contributed by atoms with van der Waals surface area (Å²) in [6.07, 6.45) is 16.2. The topological polar surface area (TPSA) is 128 Å². The SMILES string of the molecule is CCCCCCCCCCCCCCCCC(c1n[nH]c(=S)n1N1C(=O)c2ccccc2C1=O)S(=O)(=O)[O-].[Na+]. The molecule has 1 atom stereocenters. The molecule has 1 aromatic carbocycles. The van der Waals surface area contributed by atoms with Crippen LogP contribution in [0.25, 0.3) is 0 Å². The van der Waals surface area contributed by atoms with Crippen LogP contribution in [0.2, 0.25) is 0 Å². The van der Waals surface area contributed by atoms with Crippen molar-refractivity contribution in [2.45, 2.75) is 108 Å². The van der Waals surface area contributed by atoms with Crippen molar-refractivity contribution in [1.29, 1.82) is 0 Å². The molecular formula is C27H39N4NaO5S2. The maximum Gasteiger partial charge on any atom is 1.00 e. The molecule has 9 nitrogen and oxygen atoms in total. The Morgan fingerprint density at radius 3 is 1.72 bits per heavy atom. The molecule has 0 radical (unpaired) electrons. The number of imide groups is 1. The summed E-state index contributed by atoms with van der Waals surface area (Å²) in [6, 6.07) is 6.28. The van der Waals surface area contributed by atoms with E-state index in [4.69, 9.17) is 12.2 Å². The van der Waals surface area contributed by atoms with Crippen molar-refractivity contribution >= 4 is 34.2 Å². The van der Waals surface area contributed by atoms with Gasteiger partial charge in [-0.1, -0.05) is 109 Å². The molecule has 2 amide bonds. The number of fused-ring (bicyclic) bond motifs is 1. The third-order valence-corrected chi connectivity index (χ3v) is 8.51. The molecule has 12 heteroatoms. The molecule has 210 valence electrons. The predicted molar refractivity (Wildman–Crippen MR) is 148 cm³/mol. The summed E-state index contributed by atoms with van der Waals surface area (Å²) >= 11 is 5.21. The number of nitrogens with one attached hydrogen (secondary N) is 1. The number of hydrogen-bond acceptors (Lipinski definition) is 7.